The highest BCUT2D eigenvalue weighted by Gasteiger charge is 2.04. The van der Waals surface area contributed by atoms with Crippen LogP contribution in [0.2, 0.25) is 5.02 Å². The van der Waals surface area contributed by atoms with Crippen molar-refractivity contribution < 1.29 is 9.53 Å². The fourth-order valence-corrected chi connectivity index (χ4v) is 1.08. The Morgan fingerprint density at radius 2 is 2.21 bits per heavy atom. The quantitative estimate of drug-likeness (QED) is 0.792. The molecule has 0 unspecified atom stereocenters. The second kappa shape index (κ2) is 4.72. The number of nitrogens with one attached hydrogen (secondary N) is 2. The van der Waals surface area contributed by atoms with E-state index in [0.29, 0.717) is 16.5 Å². The molecule has 0 aliphatic carbocycles. The van der Waals surface area contributed by atoms with Crippen LogP contribution in [0.1, 0.15) is 0 Å². The molecule has 0 atom stereocenters. The van der Waals surface area contributed by atoms with E-state index in [1.54, 1.807) is 25.3 Å². The zero-order chi connectivity index (χ0) is 10.6. The zero-order valence-corrected chi connectivity index (χ0v) is 8.68. The minimum absolute atomic E-state index is 0.319. The van der Waals surface area contributed by atoms with Crippen LogP contribution in [-0.2, 0) is 0 Å². The molecule has 0 saturated carbocycles. The van der Waals surface area contributed by atoms with Crippen molar-refractivity contribution in [1.82, 2.24) is 5.32 Å². The molecule has 2 N–H and O–H groups in total. The third-order valence-electron chi connectivity index (χ3n) is 1.65. The largest absolute Gasteiger partial charge is 0.497 e. The molecule has 5 heteroatoms. The van der Waals surface area contributed by atoms with E-state index in [9.17, 15) is 4.79 Å². The number of anilines is 1. The normalized spacial score (nSPS) is 9.36. The van der Waals surface area contributed by atoms with Crippen LogP contribution >= 0.6 is 11.6 Å². The molecule has 0 aliphatic rings. The Labute approximate surface area is 87.2 Å². The number of methoxy groups -OCH3 is 1. The number of halogens is 1. The highest BCUT2D eigenvalue weighted by molar-refractivity contribution is 6.33. The molecule has 0 saturated heterocycles. The van der Waals surface area contributed by atoms with E-state index < -0.39 is 0 Å². The second-order valence-corrected chi connectivity index (χ2v) is 2.96. The summed E-state index contributed by atoms with van der Waals surface area (Å²) in [7, 11) is 3.08. The molecule has 0 fully saturated rings. The minimum Gasteiger partial charge on any atom is -0.497 e. The molecule has 0 aliphatic heterocycles. The molecule has 1 aromatic rings. The van der Waals surface area contributed by atoms with E-state index >= 15 is 0 Å². The number of ether oxygens (including phenoxy) is 1. The third kappa shape index (κ3) is 2.53. The molecule has 0 aromatic heterocycles. The number of urea groups is 1. The third-order valence-corrected chi connectivity index (χ3v) is 1.98. The Morgan fingerprint density at radius 3 is 2.79 bits per heavy atom. The van der Waals surface area contributed by atoms with Gasteiger partial charge >= 0.3 is 6.03 Å². The van der Waals surface area contributed by atoms with Crippen LogP contribution in [0.5, 0.6) is 5.75 Å². The van der Waals surface area contributed by atoms with Crippen LogP contribution in [0, 0.1) is 0 Å². The van der Waals surface area contributed by atoms with Crippen molar-refractivity contribution in [2.45, 2.75) is 0 Å². The van der Waals surface area contributed by atoms with Gasteiger partial charge in [0.25, 0.3) is 0 Å². The van der Waals surface area contributed by atoms with Crippen molar-refractivity contribution in [2.75, 3.05) is 19.5 Å². The fraction of sp³-hybridized carbons (Fsp3) is 0.222. The van der Waals surface area contributed by atoms with Crippen molar-refractivity contribution in [2.24, 2.45) is 0 Å². The summed E-state index contributed by atoms with van der Waals surface area (Å²) in [5.41, 5.74) is 0.519. The summed E-state index contributed by atoms with van der Waals surface area (Å²) in [6.07, 6.45) is 0. The Hall–Kier alpha value is -1.42. The van der Waals surface area contributed by atoms with Crippen molar-refractivity contribution in [3.63, 3.8) is 0 Å². The monoisotopic (exact) mass is 214 g/mol. The Balaban J connectivity index is 2.89. The van der Waals surface area contributed by atoms with Crippen molar-refractivity contribution in [3.8, 4) is 5.75 Å². The molecule has 14 heavy (non-hydrogen) atoms. The minimum atomic E-state index is -0.319. The predicted molar refractivity (Wildman–Crippen MR) is 56.1 cm³/mol. The SMILES string of the molecule is CNC(=O)Nc1cc(OC)ccc1Cl. The number of rotatable bonds is 2. The van der Waals surface area contributed by atoms with E-state index in [4.69, 9.17) is 16.3 Å². The number of benzene rings is 1. The smallest absolute Gasteiger partial charge is 0.319 e. The van der Waals surface area contributed by atoms with E-state index in [1.165, 1.54) is 7.05 Å². The lowest BCUT2D eigenvalue weighted by molar-refractivity contribution is 0.254. The van der Waals surface area contributed by atoms with Crippen LogP contribution in [0.25, 0.3) is 0 Å². The van der Waals surface area contributed by atoms with Gasteiger partial charge in [0.15, 0.2) is 0 Å². The van der Waals surface area contributed by atoms with Gasteiger partial charge in [-0.25, -0.2) is 4.79 Å². The molecule has 0 spiro atoms. The van der Waals surface area contributed by atoms with Crippen LogP contribution in [0.3, 0.4) is 0 Å². The van der Waals surface area contributed by atoms with Crippen LogP contribution in [0.15, 0.2) is 18.2 Å². The van der Waals surface area contributed by atoms with Gasteiger partial charge in [0.05, 0.1) is 17.8 Å². The maximum atomic E-state index is 11.0. The summed E-state index contributed by atoms with van der Waals surface area (Å²) >= 11 is 5.86. The van der Waals surface area contributed by atoms with E-state index in [2.05, 4.69) is 10.6 Å². The summed E-state index contributed by atoms with van der Waals surface area (Å²) in [4.78, 5) is 11.0. The molecule has 0 radical (unpaired) electrons. The molecule has 0 bridgehead atoms. The van der Waals surface area contributed by atoms with E-state index in [-0.39, 0.29) is 6.03 Å². The number of carbonyl (C=O) groups excluding carboxylic acids is 1. The van der Waals surface area contributed by atoms with Gasteiger partial charge in [0.1, 0.15) is 5.75 Å². The molecule has 4 nitrogen and oxygen atoms in total. The first-order chi connectivity index (χ1) is 6.67. The Bertz CT molecular complexity index is 342. The van der Waals surface area contributed by atoms with Gasteiger partial charge in [-0.3, -0.25) is 0 Å². The van der Waals surface area contributed by atoms with Crippen LogP contribution < -0.4 is 15.4 Å². The Morgan fingerprint density at radius 1 is 1.50 bits per heavy atom. The van der Waals surface area contributed by atoms with Crippen molar-refractivity contribution >= 4 is 23.3 Å². The lowest BCUT2D eigenvalue weighted by atomic mass is 10.3. The first-order valence-electron chi connectivity index (χ1n) is 3.99. The van der Waals surface area contributed by atoms with Crippen LogP contribution in [-0.4, -0.2) is 20.2 Å². The molecule has 76 valence electrons. The number of amides is 2. The highest BCUT2D eigenvalue weighted by atomic mass is 35.5. The predicted octanol–water partition coefficient (Wildman–Crippen LogP) is 2.10. The van der Waals surface area contributed by atoms with Gasteiger partial charge in [-0.1, -0.05) is 11.6 Å². The Kier molecular flexibility index (Phi) is 3.59. The lowest BCUT2D eigenvalue weighted by Crippen LogP contribution is -2.24. The number of hydrogen-bond acceptors (Lipinski definition) is 2. The second-order valence-electron chi connectivity index (χ2n) is 2.55. The average molecular weight is 215 g/mol. The lowest BCUT2D eigenvalue weighted by Gasteiger charge is -2.08. The molecule has 1 rings (SSSR count). The highest BCUT2D eigenvalue weighted by Crippen LogP contribution is 2.26. The summed E-state index contributed by atoms with van der Waals surface area (Å²) in [6, 6.07) is 4.71. The topological polar surface area (TPSA) is 50.4 Å². The van der Waals surface area contributed by atoms with Gasteiger partial charge in [0, 0.05) is 13.1 Å². The van der Waals surface area contributed by atoms with Gasteiger partial charge in [-0.05, 0) is 12.1 Å². The molecule has 0 heterocycles. The molecular formula is C9H11ClN2O2. The maximum absolute atomic E-state index is 11.0. The summed E-state index contributed by atoms with van der Waals surface area (Å²) in [5.74, 6) is 0.640. The van der Waals surface area contributed by atoms with Crippen molar-refractivity contribution in [1.29, 1.82) is 0 Å². The van der Waals surface area contributed by atoms with Gasteiger partial charge < -0.3 is 15.4 Å². The van der Waals surface area contributed by atoms with E-state index in [1.807, 2.05) is 0 Å². The van der Waals surface area contributed by atoms with Crippen molar-refractivity contribution in [3.05, 3.63) is 23.2 Å². The number of carbonyl (C=O) groups is 1. The first kappa shape index (κ1) is 10.7. The standard InChI is InChI=1S/C9H11ClN2O2/c1-11-9(13)12-8-5-6(14-2)3-4-7(8)10/h3-5H,1-2H3,(H2,11,12,13). The fourth-order valence-electron chi connectivity index (χ4n) is 0.912. The summed E-state index contributed by atoms with van der Waals surface area (Å²) in [6.45, 7) is 0. The summed E-state index contributed by atoms with van der Waals surface area (Å²) < 4.78 is 4.99. The van der Waals surface area contributed by atoms with Gasteiger partial charge in [-0.15, -0.1) is 0 Å². The van der Waals surface area contributed by atoms with Gasteiger partial charge in [-0.2, -0.15) is 0 Å². The average Bonchev–Trinajstić information content (AvgIpc) is 2.21. The molecule has 1 aromatic carbocycles. The first-order valence-corrected chi connectivity index (χ1v) is 4.37. The number of hydrogen-bond donors (Lipinski definition) is 2. The molecular weight excluding hydrogens is 204 g/mol. The molecule has 2 amide bonds. The van der Waals surface area contributed by atoms with E-state index in [0.717, 1.165) is 0 Å². The van der Waals surface area contributed by atoms with Gasteiger partial charge in [0.2, 0.25) is 0 Å². The summed E-state index contributed by atoms with van der Waals surface area (Å²) in [5, 5.41) is 5.47. The zero-order valence-electron chi connectivity index (χ0n) is 7.93. The maximum Gasteiger partial charge on any atom is 0.319 e. The van der Waals surface area contributed by atoms with Crippen LogP contribution in [0.4, 0.5) is 10.5 Å².